The number of hydrogen-bond donors (Lipinski definition) is 1. The van der Waals surface area contributed by atoms with Gasteiger partial charge in [0.25, 0.3) is 0 Å². The van der Waals surface area contributed by atoms with E-state index in [0.29, 0.717) is 5.92 Å². The summed E-state index contributed by atoms with van der Waals surface area (Å²) in [7, 11) is 0. The zero-order valence-corrected chi connectivity index (χ0v) is 11.9. The number of anilines is 1. The van der Waals surface area contributed by atoms with Crippen molar-refractivity contribution >= 4 is 5.69 Å². The van der Waals surface area contributed by atoms with Crippen molar-refractivity contribution in [2.24, 2.45) is 5.92 Å². The van der Waals surface area contributed by atoms with Crippen molar-refractivity contribution in [3.05, 3.63) is 29.8 Å². The van der Waals surface area contributed by atoms with Crippen molar-refractivity contribution in [1.29, 1.82) is 0 Å². The largest absolute Gasteiger partial charge is 0.393 e. The summed E-state index contributed by atoms with van der Waals surface area (Å²) >= 11 is 0. The van der Waals surface area contributed by atoms with Crippen LogP contribution in [0.1, 0.15) is 50.5 Å². The molecule has 2 nitrogen and oxygen atoms in total. The van der Waals surface area contributed by atoms with Gasteiger partial charge in [0.15, 0.2) is 0 Å². The van der Waals surface area contributed by atoms with Gasteiger partial charge in [-0.05, 0) is 43.7 Å². The van der Waals surface area contributed by atoms with Crippen LogP contribution < -0.4 is 4.90 Å². The predicted octanol–water partition coefficient (Wildman–Crippen LogP) is 3.55. The maximum absolute atomic E-state index is 9.69. The minimum atomic E-state index is -0.204. The van der Waals surface area contributed by atoms with E-state index in [1.54, 1.807) is 0 Å². The molecule has 1 fully saturated rings. The highest BCUT2D eigenvalue weighted by molar-refractivity contribution is 5.60. The second-order valence-electron chi connectivity index (χ2n) is 6.40. The summed E-state index contributed by atoms with van der Waals surface area (Å²) in [6.45, 7) is 4.22. The topological polar surface area (TPSA) is 23.5 Å². The molecule has 1 heterocycles. The lowest BCUT2D eigenvalue weighted by molar-refractivity contribution is 0.176. The Morgan fingerprint density at radius 1 is 1.26 bits per heavy atom. The van der Waals surface area contributed by atoms with E-state index in [9.17, 15) is 5.11 Å². The van der Waals surface area contributed by atoms with Crippen molar-refractivity contribution in [3.8, 4) is 0 Å². The van der Waals surface area contributed by atoms with Crippen molar-refractivity contribution in [2.75, 3.05) is 18.0 Å². The maximum atomic E-state index is 9.69. The molecule has 104 valence electrons. The van der Waals surface area contributed by atoms with Gasteiger partial charge in [-0.15, -0.1) is 0 Å². The molecule has 0 radical (unpaired) electrons. The molecular formula is C17H25NO. The minimum absolute atomic E-state index is 0.204. The zero-order valence-electron chi connectivity index (χ0n) is 11.9. The first-order valence-corrected chi connectivity index (χ1v) is 7.76. The van der Waals surface area contributed by atoms with Gasteiger partial charge >= 0.3 is 0 Å². The van der Waals surface area contributed by atoms with Crippen LogP contribution in [-0.4, -0.2) is 24.3 Å². The fourth-order valence-corrected chi connectivity index (χ4v) is 3.87. The van der Waals surface area contributed by atoms with E-state index in [-0.39, 0.29) is 6.10 Å². The average molecular weight is 259 g/mol. The standard InChI is InChI=1S/C17H25NO/c1-13(19)10-15-12-18(11-14-6-2-3-7-14)17-9-5-4-8-16(15)17/h4-5,8-9,13-15,19H,2-3,6-7,10-12H2,1H3. The summed E-state index contributed by atoms with van der Waals surface area (Å²) in [6.07, 6.45) is 6.32. The molecule has 1 aromatic rings. The fraction of sp³-hybridized carbons (Fsp3) is 0.647. The van der Waals surface area contributed by atoms with Crippen LogP contribution in [0.5, 0.6) is 0 Å². The smallest absolute Gasteiger partial charge is 0.0518 e. The third-order valence-corrected chi connectivity index (χ3v) is 4.74. The molecule has 0 spiro atoms. The molecule has 0 saturated heterocycles. The van der Waals surface area contributed by atoms with E-state index in [1.165, 1.54) is 43.5 Å². The monoisotopic (exact) mass is 259 g/mol. The molecule has 1 saturated carbocycles. The van der Waals surface area contributed by atoms with Gasteiger partial charge in [0, 0.05) is 24.7 Å². The average Bonchev–Trinajstić information content (AvgIpc) is 2.99. The Hall–Kier alpha value is -1.02. The first-order chi connectivity index (χ1) is 9.24. The van der Waals surface area contributed by atoms with Gasteiger partial charge in [-0.25, -0.2) is 0 Å². The van der Waals surface area contributed by atoms with Gasteiger partial charge in [0.1, 0.15) is 0 Å². The van der Waals surface area contributed by atoms with Crippen LogP contribution in [0, 0.1) is 5.92 Å². The SMILES string of the molecule is CC(O)CC1CN(CC2CCCC2)c2ccccc21. The minimum Gasteiger partial charge on any atom is -0.393 e. The van der Waals surface area contributed by atoms with Crippen LogP contribution in [0.4, 0.5) is 5.69 Å². The number of rotatable bonds is 4. The first kappa shape index (κ1) is 13.0. The van der Waals surface area contributed by atoms with E-state index >= 15 is 0 Å². The Kier molecular flexibility index (Phi) is 3.79. The summed E-state index contributed by atoms with van der Waals surface area (Å²) in [5, 5.41) is 9.69. The summed E-state index contributed by atoms with van der Waals surface area (Å²) in [6, 6.07) is 8.78. The van der Waals surface area contributed by atoms with Crippen LogP contribution in [0.2, 0.25) is 0 Å². The number of aliphatic hydroxyl groups is 1. The van der Waals surface area contributed by atoms with E-state index in [1.807, 2.05) is 6.92 Å². The Bertz CT molecular complexity index is 423. The molecule has 0 amide bonds. The van der Waals surface area contributed by atoms with Gasteiger partial charge in [0.05, 0.1) is 6.10 Å². The molecule has 2 aliphatic rings. The highest BCUT2D eigenvalue weighted by Gasteiger charge is 2.30. The molecule has 0 aromatic heterocycles. The van der Waals surface area contributed by atoms with Crippen LogP contribution in [-0.2, 0) is 0 Å². The van der Waals surface area contributed by atoms with Gasteiger partial charge in [0.2, 0.25) is 0 Å². The summed E-state index contributed by atoms with van der Waals surface area (Å²) < 4.78 is 0. The van der Waals surface area contributed by atoms with E-state index < -0.39 is 0 Å². The molecule has 19 heavy (non-hydrogen) atoms. The molecule has 2 heteroatoms. The quantitative estimate of drug-likeness (QED) is 0.894. The Balaban J connectivity index is 1.75. The fourth-order valence-electron chi connectivity index (χ4n) is 3.87. The number of benzene rings is 1. The highest BCUT2D eigenvalue weighted by atomic mass is 16.3. The molecular weight excluding hydrogens is 234 g/mol. The van der Waals surface area contributed by atoms with Crippen molar-refractivity contribution in [1.82, 2.24) is 0 Å². The predicted molar refractivity (Wildman–Crippen MR) is 79.7 cm³/mol. The van der Waals surface area contributed by atoms with Crippen molar-refractivity contribution < 1.29 is 5.11 Å². The Morgan fingerprint density at radius 2 is 2.00 bits per heavy atom. The summed E-state index contributed by atoms with van der Waals surface area (Å²) in [4.78, 5) is 2.57. The first-order valence-electron chi connectivity index (χ1n) is 7.76. The van der Waals surface area contributed by atoms with Crippen molar-refractivity contribution in [2.45, 2.75) is 51.0 Å². The number of para-hydroxylation sites is 1. The second-order valence-corrected chi connectivity index (χ2v) is 6.40. The lowest BCUT2D eigenvalue weighted by Crippen LogP contribution is -2.28. The molecule has 0 bridgehead atoms. The number of hydrogen-bond acceptors (Lipinski definition) is 2. The third-order valence-electron chi connectivity index (χ3n) is 4.74. The lowest BCUT2D eigenvalue weighted by atomic mass is 9.96. The van der Waals surface area contributed by atoms with Gasteiger partial charge in [-0.3, -0.25) is 0 Å². The normalized spacial score (nSPS) is 24.7. The van der Waals surface area contributed by atoms with Crippen LogP contribution in [0.25, 0.3) is 0 Å². The number of aliphatic hydroxyl groups excluding tert-OH is 1. The van der Waals surface area contributed by atoms with Gasteiger partial charge in [-0.2, -0.15) is 0 Å². The maximum Gasteiger partial charge on any atom is 0.0518 e. The number of fused-ring (bicyclic) bond motifs is 1. The number of nitrogens with zero attached hydrogens (tertiary/aromatic N) is 1. The zero-order chi connectivity index (χ0) is 13.2. The third kappa shape index (κ3) is 2.79. The Labute approximate surface area is 116 Å². The molecule has 2 atom stereocenters. The molecule has 1 aromatic carbocycles. The molecule has 1 aliphatic carbocycles. The van der Waals surface area contributed by atoms with Crippen molar-refractivity contribution in [3.63, 3.8) is 0 Å². The van der Waals surface area contributed by atoms with E-state index in [0.717, 1.165) is 18.9 Å². The highest BCUT2D eigenvalue weighted by Crippen LogP contribution is 2.40. The van der Waals surface area contributed by atoms with Gasteiger partial charge in [-0.1, -0.05) is 31.0 Å². The lowest BCUT2D eigenvalue weighted by Gasteiger charge is -2.24. The molecule has 1 N–H and O–H groups in total. The summed E-state index contributed by atoms with van der Waals surface area (Å²) in [5.41, 5.74) is 2.86. The summed E-state index contributed by atoms with van der Waals surface area (Å²) in [5.74, 6) is 1.40. The van der Waals surface area contributed by atoms with Crippen LogP contribution in [0.3, 0.4) is 0 Å². The van der Waals surface area contributed by atoms with Gasteiger partial charge < -0.3 is 10.0 Å². The molecule has 2 unspecified atom stereocenters. The van der Waals surface area contributed by atoms with Crippen LogP contribution in [0.15, 0.2) is 24.3 Å². The van der Waals surface area contributed by atoms with E-state index in [2.05, 4.69) is 29.2 Å². The Morgan fingerprint density at radius 3 is 2.74 bits per heavy atom. The molecule has 3 rings (SSSR count). The second kappa shape index (κ2) is 5.54. The molecule has 1 aliphatic heterocycles. The van der Waals surface area contributed by atoms with E-state index in [4.69, 9.17) is 0 Å². The van der Waals surface area contributed by atoms with Crippen LogP contribution >= 0.6 is 0 Å².